The van der Waals surface area contributed by atoms with Crippen molar-refractivity contribution >= 4 is 11.7 Å². The van der Waals surface area contributed by atoms with Gasteiger partial charge in [-0.1, -0.05) is 53.9 Å². The third kappa shape index (κ3) is 5.26. The molecule has 116 valence electrons. The molecule has 0 aromatic rings. The first kappa shape index (κ1) is 17.2. The van der Waals surface area contributed by atoms with Crippen LogP contribution >= 0.6 is 0 Å². The van der Waals surface area contributed by atoms with Gasteiger partial charge in [-0.25, -0.2) is 0 Å². The summed E-state index contributed by atoms with van der Waals surface area (Å²) in [5.41, 5.74) is -0.375. The van der Waals surface area contributed by atoms with E-state index in [-0.39, 0.29) is 28.9 Å². The minimum Gasteiger partial charge on any atom is -0.353 e. The number of hydrogen-bond donors (Lipinski definition) is 1. The Labute approximate surface area is 123 Å². The molecule has 0 saturated heterocycles. The van der Waals surface area contributed by atoms with Gasteiger partial charge < -0.3 is 5.32 Å². The molecule has 3 heteroatoms. The SMILES string of the molecule is CC(C)C(CC(=O)NC1CCCCC1)C(=O)C(C)(C)C. The molecule has 0 radical (unpaired) electrons. The Hall–Kier alpha value is -0.860. The second kappa shape index (κ2) is 7.24. The molecule has 0 aromatic heterocycles. The van der Waals surface area contributed by atoms with E-state index in [1.807, 2.05) is 34.6 Å². The Morgan fingerprint density at radius 2 is 1.65 bits per heavy atom. The van der Waals surface area contributed by atoms with Gasteiger partial charge in [-0.15, -0.1) is 0 Å². The summed E-state index contributed by atoms with van der Waals surface area (Å²) in [6, 6.07) is 0.328. The molecule has 0 spiro atoms. The molecule has 1 N–H and O–H groups in total. The topological polar surface area (TPSA) is 46.2 Å². The molecule has 0 aromatic carbocycles. The zero-order valence-corrected chi connectivity index (χ0v) is 13.8. The fourth-order valence-corrected chi connectivity index (χ4v) is 2.92. The maximum Gasteiger partial charge on any atom is 0.220 e. The van der Waals surface area contributed by atoms with Crippen LogP contribution in [-0.2, 0) is 9.59 Å². The number of carbonyl (C=O) groups excluding carboxylic acids is 2. The van der Waals surface area contributed by atoms with Crippen LogP contribution in [0.15, 0.2) is 0 Å². The average molecular weight is 281 g/mol. The second-order valence-electron chi connectivity index (χ2n) is 7.57. The minimum atomic E-state index is -0.375. The molecule has 1 saturated carbocycles. The Balaban J connectivity index is 2.57. The fraction of sp³-hybridized carbons (Fsp3) is 0.882. The van der Waals surface area contributed by atoms with Gasteiger partial charge in [0.1, 0.15) is 5.78 Å². The van der Waals surface area contributed by atoms with E-state index in [1.165, 1.54) is 19.3 Å². The van der Waals surface area contributed by atoms with Crippen molar-refractivity contribution in [3.8, 4) is 0 Å². The van der Waals surface area contributed by atoms with E-state index in [9.17, 15) is 9.59 Å². The molecule has 0 heterocycles. The maximum absolute atomic E-state index is 12.5. The van der Waals surface area contributed by atoms with Gasteiger partial charge in [0, 0.05) is 23.8 Å². The lowest BCUT2D eigenvalue weighted by molar-refractivity contribution is -0.135. The molecule has 20 heavy (non-hydrogen) atoms. The van der Waals surface area contributed by atoms with E-state index >= 15 is 0 Å². The number of Topliss-reactive ketones (excluding diaryl/α,β-unsaturated/α-hetero) is 1. The van der Waals surface area contributed by atoms with Crippen LogP contribution in [0.4, 0.5) is 0 Å². The van der Waals surface area contributed by atoms with Crippen LogP contribution in [0.25, 0.3) is 0 Å². The highest BCUT2D eigenvalue weighted by molar-refractivity contribution is 5.90. The minimum absolute atomic E-state index is 0.0493. The van der Waals surface area contributed by atoms with E-state index < -0.39 is 0 Å². The molecule has 1 aliphatic carbocycles. The van der Waals surface area contributed by atoms with Gasteiger partial charge in [0.15, 0.2) is 0 Å². The smallest absolute Gasteiger partial charge is 0.220 e. The van der Waals surface area contributed by atoms with Crippen molar-refractivity contribution in [1.82, 2.24) is 5.32 Å². The van der Waals surface area contributed by atoms with Crippen molar-refractivity contribution in [3.63, 3.8) is 0 Å². The predicted octanol–water partition coefficient (Wildman–Crippen LogP) is 3.71. The zero-order chi connectivity index (χ0) is 15.3. The molecule has 0 aliphatic heterocycles. The first-order valence-electron chi connectivity index (χ1n) is 8.05. The lowest BCUT2D eigenvalue weighted by Crippen LogP contribution is -2.40. The molecule has 1 atom stereocenters. The molecule has 1 fully saturated rings. The number of nitrogens with one attached hydrogen (secondary N) is 1. The van der Waals surface area contributed by atoms with Crippen LogP contribution < -0.4 is 5.32 Å². The van der Waals surface area contributed by atoms with Crippen molar-refractivity contribution in [3.05, 3.63) is 0 Å². The zero-order valence-electron chi connectivity index (χ0n) is 13.8. The summed E-state index contributed by atoms with van der Waals surface area (Å²) >= 11 is 0. The summed E-state index contributed by atoms with van der Waals surface area (Å²) in [5.74, 6) is 0.289. The number of hydrogen-bond acceptors (Lipinski definition) is 2. The third-order valence-corrected chi connectivity index (χ3v) is 4.26. The monoisotopic (exact) mass is 281 g/mol. The highest BCUT2D eigenvalue weighted by atomic mass is 16.2. The Morgan fingerprint density at radius 3 is 2.10 bits per heavy atom. The molecule has 1 rings (SSSR count). The Kier molecular flexibility index (Phi) is 6.22. The van der Waals surface area contributed by atoms with Gasteiger partial charge in [0.2, 0.25) is 5.91 Å². The van der Waals surface area contributed by atoms with Gasteiger partial charge in [-0.2, -0.15) is 0 Å². The Morgan fingerprint density at radius 1 is 1.10 bits per heavy atom. The van der Waals surface area contributed by atoms with E-state index in [4.69, 9.17) is 0 Å². The third-order valence-electron chi connectivity index (χ3n) is 4.26. The highest BCUT2D eigenvalue weighted by Crippen LogP contribution is 2.27. The van der Waals surface area contributed by atoms with Gasteiger partial charge in [-0.3, -0.25) is 9.59 Å². The molecular weight excluding hydrogens is 250 g/mol. The number of rotatable bonds is 5. The Bertz CT molecular complexity index is 335. The summed E-state index contributed by atoms with van der Waals surface area (Å²) in [5, 5.41) is 3.12. The molecule has 1 unspecified atom stereocenters. The standard InChI is InChI=1S/C17H31NO2/c1-12(2)14(16(20)17(3,4)5)11-15(19)18-13-9-7-6-8-10-13/h12-14H,6-11H2,1-5H3,(H,18,19). The van der Waals surface area contributed by atoms with Crippen molar-refractivity contribution in [2.24, 2.45) is 17.3 Å². The maximum atomic E-state index is 12.5. The number of amides is 1. The second-order valence-corrected chi connectivity index (χ2v) is 7.57. The largest absolute Gasteiger partial charge is 0.353 e. The molecular formula is C17H31NO2. The van der Waals surface area contributed by atoms with Crippen LogP contribution in [-0.4, -0.2) is 17.7 Å². The summed E-state index contributed by atoms with van der Waals surface area (Å²) in [7, 11) is 0. The summed E-state index contributed by atoms with van der Waals surface area (Å²) < 4.78 is 0. The molecule has 1 aliphatic rings. The van der Waals surface area contributed by atoms with E-state index in [2.05, 4.69) is 5.32 Å². The molecule has 3 nitrogen and oxygen atoms in total. The van der Waals surface area contributed by atoms with Crippen molar-refractivity contribution < 1.29 is 9.59 Å². The molecule has 1 amide bonds. The van der Waals surface area contributed by atoms with Crippen molar-refractivity contribution in [2.45, 2.75) is 79.2 Å². The van der Waals surface area contributed by atoms with E-state index in [0.717, 1.165) is 12.8 Å². The van der Waals surface area contributed by atoms with Gasteiger partial charge in [0.05, 0.1) is 0 Å². The molecule has 0 bridgehead atoms. The van der Waals surface area contributed by atoms with E-state index in [0.29, 0.717) is 12.5 Å². The van der Waals surface area contributed by atoms with Crippen LogP contribution in [0, 0.1) is 17.3 Å². The van der Waals surface area contributed by atoms with Gasteiger partial charge in [0.25, 0.3) is 0 Å². The first-order valence-corrected chi connectivity index (χ1v) is 8.05. The summed E-state index contributed by atoms with van der Waals surface area (Å²) in [6.45, 7) is 9.86. The van der Waals surface area contributed by atoms with E-state index in [1.54, 1.807) is 0 Å². The summed E-state index contributed by atoms with van der Waals surface area (Å²) in [4.78, 5) is 24.6. The van der Waals surface area contributed by atoms with Gasteiger partial charge in [-0.05, 0) is 18.8 Å². The number of carbonyl (C=O) groups is 2. The predicted molar refractivity (Wildman–Crippen MR) is 82.4 cm³/mol. The first-order chi connectivity index (χ1) is 9.21. The fourth-order valence-electron chi connectivity index (χ4n) is 2.92. The van der Waals surface area contributed by atoms with Gasteiger partial charge >= 0.3 is 0 Å². The quantitative estimate of drug-likeness (QED) is 0.835. The normalized spacial score (nSPS) is 18.9. The van der Waals surface area contributed by atoms with Crippen LogP contribution in [0.2, 0.25) is 0 Å². The van der Waals surface area contributed by atoms with Crippen LogP contribution in [0.5, 0.6) is 0 Å². The lowest BCUT2D eigenvalue weighted by Gasteiger charge is -2.28. The highest BCUT2D eigenvalue weighted by Gasteiger charge is 2.33. The van der Waals surface area contributed by atoms with Crippen molar-refractivity contribution in [2.75, 3.05) is 0 Å². The van der Waals surface area contributed by atoms with Crippen LogP contribution in [0.3, 0.4) is 0 Å². The summed E-state index contributed by atoms with van der Waals surface area (Å²) in [6.07, 6.45) is 6.21. The lowest BCUT2D eigenvalue weighted by atomic mass is 9.76. The number of ketones is 1. The van der Waals surface area contributed by atoms with Crippen molar-refractivity contribution in [1.29, 1.82) is 0 Å². The van der Waals surface area contributed by atoms with Crippen LogP contribution in [0.1, 0.15) is 73.1 Å². The average Bonchev–Trinajstić information content (AvgIpc) is 2.35.